The van der Waals surface area contributed by atoms with Crippen molar-refractivity contribution in [1.82, 2.24) is 20.9 Å². The summed E-state index contributed by atoms with van der Waals surface area (Å²) in [6.45, 7) is 9.89. The quantitative estimate of drug-likeness (QED) is 0.489. The Morgan fingerprint density at radius 2 is 1.67 bits per heavy atom. The molecule has 24 heavy (non-hydrogen) atoms. The molecule has 2 rings (SSSR count). The molecule has 1 heterocycles. The van der Waals surface area contributed by atoms with Gasteiger partial charge in [0, 0.05) is 44.7 Å². The summed E-state index contributed by atoms with van der Waals surface area (Å²) >= 11 is 0. The first-order valence-electron chi connectivity index (χ1n) is 9.23. The lowest BCUT2D eigenvalue weighted by Gasteiger charge is -2.32. The Morgan fingerprint density at radius 1 is 1.04 bits per heavy atom. The SMILES string of the molecule is C=C(C)CN1CCC(NC(=O)NCCNC(=O)C2CCCC2)CC1. The summed E-state index contributed by atoms with van der Waals surface area (Å²) in [5.41, 5.74) is 1.18. The Labute approximate surface area is 145 Å². The van der Waals surface area contributed by atoms with Gasteiger partial charge in [-0.25, -0.2) is 4.79 Å². The number of hydrogen-bond donors (Lipinski definition) is 3. The smallest absolute Gasteiger partial charge is 0.315 e. The Bertz CT molecular complexity index is 438. The van der Waals surface area contributed by atoms with Gasteiger partial charge in [-0.05, 0) is 32.6 Å². The zero-order valence-corrected chi connectivity index (χ0v) is 14.9. The molecule has 136 valence electrons. The topological polar surface area (TPSA) is 73.5 Å². The second-order valence-corrected chi connectivity index (χ2v) is 7.18. The van der Waals surface area contributed by atoms with Crippen LogP contribution in [0.1, 0.15) is 45.4 Å². The summed E-state index contributed by atoms with van der Waals surface area (Å²) in [6.07, 6.45) is 6.26. The normalized spacial score (nSPS) is 19.9. The van der Waals surface area contributed by atoms with Crippen LogP contribution < -0.4 is 16.0 Å². The van der Waals surface area contributed by atoms with E-state index in [0.29, 0.717) is 13.1 Å². The highest BCUT2D eigenvalue weighted by molar-refractivity contribution is 5.79. The van der Waals surface area contributed by atoms with Gasteiger partial charge in [-0.2, -0.15) is 0 Å². The molecule has 0 unspecified atom stereocenters. The van der Waals surface area contributed by atoms with Gasteiger partial charge in [0.05, 0.1) is 0 Å². The van der Waals surface area contributed by atoms with Crippen LogP contribution in [0.3, 0.4) is 0 Å². The molecule has 0 atom stereocenters. The summed E-state index contributed by atoms with van der Waals surface area (Å²) < 4.78 is 0. The number of carbonyl (C=O) groups is 2. The fourth-order valence-corrected chi connectivity index (χ4v) is 3.55. The largest absolute Gasteiger partial charge is 0.354 e. The number of likely N-dealkylation sites (tertiary alicyclic amines) is 1. The number of hydrogen-bond acceptors (Lipinski definition) is 3. The van der Waals surface area contributed by atoms with E-state index in [1.807, 2.05) is 6.92 Å². The van der Waals surface area contributed by atoms with Crippen molar-refractivity contribution in [2.24, 2.45) is 5.92 Å². The van der Waals surface area contributed by atoms with Gasteiger partial charge in [0.1, 0.15) is 0 Å². The molecule has 0 bridgehead atoms. The fraction of sp³-hybridized carbons (Fsp3) is 0.778. The molecule has 0 radical (unpaired) electrons. The van der Waals surface area contributed by atoms with Gasteiger partial charge in [-0.3, -0.25) is 9.69 Å². The predicted molar refractivity (Wildman–Crippen MR) is 95.8 cm³/mol. The maximum atomic E-state index is 11.9. The third kappa shape index (κ3) is 6.51. The molecule has 1 saturated heterocycles. The maximum Gasteiger partial charge on any atom is 0.315 e. The first-order chi connectivity index (χ1) is 11.5. The van der Waals surface area contributed by atoms with E-state index in [4.69, 9.17) is 0 Å². The van der Waals surface area contributed by atoms with Crippen molar-refractivity contribution in [3.8, 4) is 0 Å². The van der Waals surface area contributed by atoms with E-state index < -0.39 is 0 Å². The number of carbonyl (C=O) groups excluding carboxylic acids is 2. The third-order valence-electron chi connectivity index (χ3n) is 4.85. The molecule has 2 aliphatic rings. The number of nitrogens with one attached hydrogen (secondary N) is 3. The monoisotopic (exact) mass is 336 g/mol. The summed E-state index contributed by atoms with van der Waals surface area (Å²) in [7, 11) is 0. The minimum absolute atomic E-state index is 0.136. The Hall–Kier alpha value is -1.56. The molecule has 1 aliphatic carbocycles. The average Bonchev–Trinajstić information content (AvgIpc) is 3.07. The number of urea groups is 1. The van der Waals surface area contributed by atoms with Gasteiger partial charge in [-0.1, -0.05) is 25.0 Å². The van der Waals surface area contributed by atoms with Crippen LogP contribution in [-0.2, 0) is 4.79 Å². The van der Waals surface area contributed by atoms with Crippen LogP contribution in [0.25, 0.3) is 0 Å². The highest BCUT2D eigenvalue weighted by atomic mass is 16.2. The fourth-order valence-electron chi connectivity index (χ4n) is 3.55. The van der Waals surface area contributed by atoms with Crippen molar-refractivity contribution < 1.29 is 9.59 Å². The molecule has 2 fully saturated rings. The molecule has 0 aromatic heterocycles. The summed E-state index contributed by atoms with van der Waals surface area (Å²) in [5, 5.41) is 8.76. The molecule has 0 aromatic rings. The van der Waals surface area contributed by atoms with Crippen molar-refractivity contribution in [3.05, 3.63) is 12.2 Å². The highest BCUT2D eigenvalue weighted by Crippen LogP contribution is 2.24. The number of nitrogens with zero attached hydrogens (tertiary/aromatic N) is 1. The van der Waals surface area contributed by atoms with E-state index in [-0.39, 0.29) is 23.9 Å². The van der Waals surface area contributed by atoms with Gasteiger partial charge in [0.25, 0.3) is 0 Å². The number of amides is 3. The molecule has 0 aromatic carbocycles. The van der Waals surface area contributed by atoms with Crippen LogP contribution in [0, 0.1) is 5.92 Å². The van der Waals surface area contributed by atoms with Crippen molar-refractivity contribution in [1.29, 1.82) is 0 Å². The van der Waals surface area contributed by atoms with E-state index in [1.165, 1.54) is 5.57 Å². The minimum Gasteiger partial charge on any atom is -0.354 e. The summed E-state index contributed by atoms with van der Waals surface area (Å²) in [5.74, 6) is 0.322. The standard InChI is InChI=1S/C18H32N4O2/c1-14(2)13-22-11-7-16(8-12-22)21-18(24)20-10-9-19-17(23)15-5-3-4-6-15/h15-16H,1,3-13H2,2H3,(H,19,23)(H2,20,21,24). The van der Waals surface area contributed by atoms with Crippen LogP contribution >= 0.6 is 0 Å². The second kappa shape index (κ2) is 9.67. The lowest BCUT2D eigenvalue weighted by atomic mass is 10.0. The van der Waals surface area contributed by atoms with E-state index in [9.17, 15) is 9.59 Å². The molecule has 3 amide bonds. The first kappa shape index (κ1) is 18.8. The molecular formula is C18H32N4O2. The lowest BCUT2D eigenvalue weighted by molar-refractivity contribution is -0.124. The molecule has 6 nitrogen and oxygen atoms in total. The zero-order valence-electron chi connectivity index (χ0n) is 14.9. The molecule has 6 heteroatoms. The van der Waals surface area contributed by atoms with Crippen molar-refractivity contribution in [3.63, 3.8) is 0 Å². The Morgan fingerprint density at radius 3 is 2.29 bits per heavy atom. The van der Waals surface area contributed by atoms with Crippen LogP contribution in [0.2, 0.25) is 0 Å². The number of piperidine rings is 1. The zero-order chi connectivity index (χ0) is 17.4. The van der Waals surface area contributed by atoms with Gasteiger partial charge in [0.15, 0.2) is 0 Å². The van der Waals surface area contributed by atoms with Crippen LogP contribution in [0.4, 0.5) is 4.79 Å². The molecule has 3 N–H and O–H groups in total. The van der Waals surface area contributed by atoms with Gasteiger partial charge in [-0.15, -0.1) is 0 Å². The van der Waals surface area contributed by atoms with Crippen molar-refractivity contribution >= 4 is 11.9 Å². The summed E-state index contributed by atoms with van der Waals surface area (Å²) in [6, 6.07) is 0.0999. The van der Waals surface area contributed by atoms with Gasteiger partial charge < -0.3 is 16.0 Å². The van der Waals surface area contributed by atoms with Gasteiger partial charge >= 0.3 is 6.03 Å². The van der Waals surface area contributed by atoms with Crippen LogP contribution in [0.5, 0.6) is 0 Å². The summed E-state index contributed by atoms with van der Waals surface area (Å²) in [4.78, 5) is 26.1. The van der Waals surface area contributed by atoms with E-state index in [1.54, 1.807) is 0 Å². The van der Waals surface area contributed by atoms with Gasteiger partial charge in [0.2, 0.25) is 5.91 Å². The van der Waals surface area contributed by atoms with Crippen molar-refractivity contribution in [2.45, 2.75) is 51.5 Å². The van der Waals surface area contributed by atoms with Crippen LogP contribution in [0.15, 0.2) is 12.2 Å². The third-order valence-corrected chi connectivity index (χ3v) is 4.85. The van der Waals surface area contributed by atoms with E-state index in [0.717, 1.165) is 58.2 Å². The lowest BCUT2D eigenvalue weighted by Crippen LogP contribution is -2.49. The Balaban J connectivity index is 1.52. The van der Waals surface area contributed by atoms with E-state index >= 15 is 0 Å². The van der Waals surface area contributed by atoms with E-state index in [2.05, 4.69) is 27.4 Å². The number of rotatable bonds is 7. The molecule has 1 aliphatic heterocycles. The first-order valence-corrected chi connectivity index (χ1v) is 9.23. The van der Waals surface area contributed by atoms with Crippen LogP contribution in [-0.4, -0.2) is 55.6 Å². The molecule has 0 spiro atoms. The molecular weight excluding hydrogens is 304 g/mol. The second-order valence-electron chi connectivity index (χ2n) is 7.18. The Kier molecular flexibility index (Phi) is 7.56. The minimum atomic E-state index is -0.136. The maximum absolute atomic E-state index is 11.9. The van der Waals surface area contributed by atoms with Crippen molar-refractivity contribution in [2.75, 3.05) is 32.7 Å². The average molecular weight is 336 g/mol. The highest BCUT2D eigenvalue weighted by Gasteiger charge is 2.22. The predicted octanol–water partition coefficient (Wildman–Crippen LogP) is 1.63. The molecule has 1 saturated carbocycles.